The van der Waals surface area contributed by atoms with Crippen molar-refractivity contribution in [1.29, 1.82) is 5.26 Å². The molecule has 0 fully saturated rings. The number of rotatable bonds is 5. The fourth-order valence-electron chi connectivity index (χ4n) is 1.09. The first-order valence-corrected chi connectivity index (χ1v) is 5.80. The molecular formula is C11H9BrF3NO3. The van der Waals surface area contributed by atoms with Crippen LogP contribution in [0.1, 0.15) is 0 Å². The zero-order chi connectivity index (χ0) is 14.5. The van der Waals surface area contributed by atoms with Gasteiger partial charge >= 0.3 is 6.18 Å². The molecule has 1 rings (SSSR count). The summed E-state index contributed by atoms with van der Waals surface area (Å²) < 4.78 is 46.8. The van der Waals surface area contributed by atoms with Gasteiger partial charge in [-0.15, -0.1) is 0 Å². The zero-order valence-electron chi connectivity index (χ0n) is 9.45. The maximum absolute atomic E-state index is 12.1. The van der Waals surface area contributed by atoms with Gasteiger partial charge in [0.15, 0.2) is 24.2 Å². The van der Waals surface area contributed by atoms with Crippen LogP contribution in [0.25, 0.3) is 0 Å². The summed E-state index contributed by atoms with van der Waals surface area (Å²) in [6.45, 7) is -1.22. The van der Waals surface area contributed by atoms with Gasteiger partial charge in [-0.2, -0.15) is 18.4 Å². The van der Waals surface area contributed by atoms with Crippen molar-refractivity contribution in [2.45, 2.75) is 12.3 Å². The van der Waals surface area contributed by atoms with Crippen LogP contribution < -0.4 is 9.47 Å². The molecule has 0 heterocycles. The molecule has 0 saturated heterocycles. The molecule has 0 radical (unpaired) electrons. The molecule has 19 heavy (non-hydrogen) atoms. The second-order valence-electron chi connectivity index (χ2n) is 3.41. The highest BCUT2D eigenvalue weighted by Crippen LogP contribution is 2.31. The zero-order valence-corrected chi connectivity index (χ0v) is 11.0. The second-order valence-corrected chi connectivity index (χ2v) is 4.32. The van der Waals surface area contributed by atoms with Gasteiger partial charge < -0.3 is 14.6 Å². The minimum absolute atomic E-state index is 0.0155. The Labute approximate surface area is 115 Å². The van der Waals surface area contributed by atoms with Gasteiger partial charge in [-0.25, -0.2) is 0 Å². The number of ether oxygens (including phenoxy) is 2. The lowest BCUT2D eigenvalue weighted by Crippen LogP contribution is -2.34. The van der Waals surface area contributed by atoms with Gasteiger partial charge in [-0.3, -0.25) is 0 Å². The van der Waals surface area contributed by atoms with E-state index in [1.807, 2.05) is 0 Å². The number of nitriles is 1. The number of aliphatic hydroxyl groups is 1. The summed E-state index contributed by atoms with van der Waals surface area (Å²) in [6.07, 6.45) is -7.33. The van der Waals surface area contributed by atoms with E-state index >= 15 is 0 Å². The van der Waals surface area contributed by atoms with E-state index in [1.54, 1.807) is 6.07 Å². The van der Waals surface area contributed by atoms with Gasteiger partial charge in [-0.1, -0.05) is 15.9 Å². The quantitative estimate of drug-likeness (QED) is 0.895. The lowest BCUT2D eigenvalue weighted by Gasteiger charge is -2.16. The molecule has 0 aliphatic rings. The molecule has 0 aromatic heterocycles. The Hall–Kier alpha value is -1.46. The normalized spacial score (nSPS) is 12.6. The largest absolute Gasteiger partial charge is 0.487 e. The number of nitrogens with zero attached hydrogens (tertiary/aromatic N) is 1. The predicted octanol–water partition coefficient (Wildman–Crippen LogP) is 2.65. The van der Waals surface area contributed by atoms with Crippen molar-refractivity contribution >= 4 is 15.9 Å². The average Bonchev–Trinajstić information content (AvgIpc) is 2.33. The van der Waals surface area contributed by atoms with Crippen LogP contribution in [0.2, 0.25) is 0 Å². The third-order valence-corrected chi connectivity index (χ3v) is 2.47. The van der Waals surface area contributed by atoms with Crippen LogP contribution in [-0.4, -0.2) is 30.6 Å². The van der Waals surface area contributed by atoms with Gasteiger partial charge in [0.25, 0.3) is 0 Å². The first kappa shape index (κ1) is 15.6. The van der Waals surface area contributed by atoms with Crippen LogP contribution in [0.4, 0.5) is 13.2 Å². The highest BCUT2D eigenvalue weighted by atomic mass is 79.9. The number of alkyl halides is 3. The Morgan fingerprint density at radius 3 is 2.58 bits per heavy atom. The van der Waals surface area contributed by atoms with Gasteiger partial charge in [0.2, 0.25) is 0 Å². The predicted molar refractivity (Wildman–Crippen MR) is 62.8 cm³/mol. The summed E-state index contributed by atoms with van der Waals surface area (Å²) in [7, 11) is 0. The SMILES string of the molecule is N#CCOc1cc(Br)ccc1OCC(O)C(F)(F)F. The average molecular weight is 340 g/mol. The van der Waals surface area contributed by atoms with Crippen molar-refractivity contribution < 1.29 is 27.8 Å². The number of hydrogen-bond donors (Lipinski definition) is 1. The molecule has 0 amide bonds. The van der Waals surface area contributed by atoms with Crippen molar-refractivity contribution in [3.8, 4) is 17.6 Å². The van der Waals surface area contributed by atoms with Crippen LogP contribution in [-0.2, 0) is 0 Å². The Kier molecular flexibility index (Phi) is 5.44. The number of aliphatic hydroxyl groups excluding tert-OH is 1. The van der Waals surface area contributed by atoms with Crippen LogP contribution in [0.3, 0.4) is 0 Å². The summed E-state index contributed by atoms with van der Waals surface area (Å²) in [5.41, 5.74) is 0. The monoisotopic (exact) mass is 339 g/mol. The standard InChI is InChI=1S/C11H9BrF3NO3/c12-7-1-2-8(9(5-7)18-4-3-16)19-6-10(17)11(13,14)15/h1-2,5,10,17H,4,6H2. The molecule has 0 spiro atoms. The van der Waals surface area contributed by atoms with Crippen molar-refractivity contribution in [1.82, 2.24) is 0 Å². The summed E-state index contributed by atoms with van der Waals surface area (Å²) in [4.78, 5) is 0. The van der Waals surface area contributed by atoms with E-state index in [-0.39, 0.29) is 18.1 Å². The van der Waals surface area contributed by atoms with E-state index in [2.05, 4.69) is 15.9 Å². The van der Waals surface area contributed by atoms with Crippen LogP contribution >= 0.6 is 15.9 Å². The topological polar surface area (TPSA) is 62.5 Å². The van der Waals surface area contributed by atoms with Crippen molar-refractivity contribution in [3.63, 3.8) is 0 Å². The molecule has 0 aliphatic heterocycles. The number of halogens is 4. The third kappa shape index (κ3) is 4.96. The maximum Gasteiger partial charge on any atom is 0.417 e. The van der Waals surface area contributed by atoms with Crippen molar-refractivity contribution in [2.24, 2.45) is 0 Å². The van der Waals surface area contributed by atoms with Gasteiger partial charge in [0.1, 0.15) is 12.7 Å². The van der Waals surface area contributed by atoms with Crippen molar-refractivity contribution in [3.05, 3.63) is 22.7 Å². The lowest BCUT2D eigenvalue weighted by molar-refractivity contribution is -0.210. The molecule has 1 aromatic rings. The van der Waals surface area contributed by atoms with E-state index < -0.39 is 18.9 Å². The Bertz CT molecular complexity index is 473. The molecule has 1 unspecified atom stereocenters. The highest BCUT2D eigenvalue weighted by molar-refractivity contribution is 9.10. The Morgan fingerprint density at radius 2 is 2.00 bits per heavy atom. The molecule has 1 aromatic carbocycles. The van der Waals surface area contributed by atoms with E-state index in [1.165, 1.54) is 18.2 Å². The highest BCUT2D eigenvalue weighted by Gasteiger charge is 2.38. The Morgan fingerprint density at radius 1 is 1.32 bits per heavy atom. The lowest BCUT2D eigenvalue weighted by atomic mass is 10.3. The van der Waals surface area contributed by atoms with E-state index in [9.17, 15) is 13.2 Å². The fourth-order valence-corrected chi connectivity index (χ4v) is 1.43. The van der Waals surface area contributed by atoms with Crippen LogP contribution in [0.15, 0.2) is 22.7 Å². The molecule has 1 N–H and O–H groups in total. The fraction of sp³-hybridized carbons (Fsp3) is 0.364. The summed E-state index contributed by atoms with van der Waals surface area (Å²) in [5.74, 6) is 0.132. The maximum atomic E-state index is 12.1. The first-order chi connectivity index (χ1) is 8.84. The molecule has 104 valence electrons. The smallest absolute Gasteiger partial charge is 0.417 e. The van der Waals surface area contributed by atoms with Crippen molar-refractivity contribution in [2.75, 3.05) is 13.2 Å². The molecule has 4 nitrogen and oxygen atoms in total. The van der Waals surface area contributed by atoms with Crippen LogP contribution in [0.5, 0.6) is 11.5 Å². The van der Waals surface area contributed by atoms with E-state index in [0.717, 1.165) is 0 Å². The van der Waals surface area contributed by atoms with Crippen LogP contribution in [0, 0.1) is 11.3 Å². The van der Waals surface area contributed by atoms with E-state index in [0.29, 0.717) is 4.47 Å². The molecule has 1 atom stereocenters. The van der Waals surface area contributed by atoms with Gasteiger partial charge in [0.05, 0.1) is 0 Å². The third-order valence-electron chi connectivity index (χ3n) is 1.97. The summed E-state index contributed by atoms with van der Waals surface area (Å²) in [6, 6.07) is 6.09. The molecule has 0 aliphatic carbocycles. The molecular weight excluding hydrogens is 331 g/mol. The Balaban J connectivity index is 2.75. The minimum Gasteiger partial charge on any atom is -0.487 e. The van der Waals surface area contributed by atoms with E-state index in [4.69, 9.17) is 19.8 Å². The summed E-state index contributed by atoms with van der Waals surface area (Å²) >= 11 is 3.15. The molecule has 0 saturated carbocycles. The molecule has 0 bridgehead atoms. The minimum atomic E-state index is -4.75. The first-order valence-electron chi connectivity index (χ1n) is 5.01. The number of benzene rings is 1. The van der Waals surface area contributed by atoms with Gasteiger partial charge in [0, 0.05) is 4.47 Å². The number of hydrogen-bond acceptors (Lipinski definition) is 4. The summed E-state index contributed by atoms with van der Waals surface area (Å²) in [5, 5.41) is 17.2. The second kappa shape index (κ2) is 6.63. The van der Waals surface area contributed by atoms with Gasteiger partial charge in [-0.05, 0) is 18.2 Å². The molecule has 8 heteroatoms.